The van der Waals surface area contributed by atoms with Crippen LogP contribution in [0.25, 0.3) is 0 Å². The van der Waals surface area contributed by atoms with Gasteiger partial charge in [0.2, 0.25) is 11.8 Å². The number of aliphatic carboxylic acids is 1. The third-order valence-corrected chi connectivity index (χ3v) is 6.10. The van der Waals surface area contributed by atoms with Crippen molar-refractivity contribution in [2.75, 3.05) is 26.2 Å². The summed E-state index contributed by atoms with van der Waals surface area (Å²) in [6.07, 6.45) is 3.84. The van der Waals surface area contributed by atoms with E-state index in [0.29, 0.717) is 25.9 Å². The highest BCUT2D eigenvalue weighted by atomic mass is 16.5. The predicted molar refractivity (Wildman–Crippen MR) is 95.7 cm³/mol. The van der Waals surface area contributed by atoms with Crippen molar-refractivity contribution < 1.29 is 29.3 Å². The number of amides is 2. The van der Waals surface area contributed by atoms with Crippen LogP contribution in [0.5, 0.6) is 0 Å². The van der Waals surface area contributed by atoms with Gasteiger partial charge in [-0.15, -0.1) is 6.58 Å². The highest BCUT2D eigenvalue weighted by molar-refractivity contribution is 5.98. The summed E-state index contributed by atoms with van der Waals surface area (Å²) < 4.78 is 6.07. The van der Waals surface area contributed by atoms with Gasteiger partial charge >= 0.3 is 5.97 Å². The molecular weight excluding hydrogens is 352 g/mol. The van der Waals surface area contributed by atoms with E-state index in [4.69, 9.17) is 4.74 Å². The van der Waals surface area contributed by atoms with Crippen LogP contribution in [-0.2, 0) is 19.1 Å². The fourth-order valence-electron chi connectivity index (χ4n) is 5.03. The summed E-state index contributed by atoms with van der Waals surface area (Å²) in [5, 5.41) is 19.1. The molecule has 2 unspecified atom stereocenters. The van der Waals surface area contributed by atoms with Gasteiger partial charge in [-0.3, -0.25) is 14.4 Å². The van der Waals surface area contributed by atoms with E-state index >= 15 is 0 Å². The lowest BCUT2D eigenvalue weighted by Gasteiger charge is -2.36. The molecule has 3 fully saturated rings. The molecule has 0 saturated carbocycles. The average molecular weight is 380 g/mol. The Labute approximate surface area is 158 Å². The standard InChI is InChI=1S/C19H28N2O6/c1-3-5-9-20(8-4-2)17(24)15-19-7-6-12(27-19)13(18(25)26)14(19)16(23)21(15)10-11-22/h4,12-15,22H,2-3,5-11H2,1H3,(H,25,26)/t12-,13+,14+,15?,19?/m1/s1. The van der Waals surface area contributed by atoms with Crippen LogP contribution in [0.4, 0.5) is 0 Å². The molecule has 0 aromatic heterocycles. The molecule has 150 valence electrons. The molecule has 3 aliphatic rings. The topological polar surface area (TPSA) is 107 Å². The molecule has 1 spiro atoms. The second kappa shape index (κ2) is 7.59. The van der Waals surface area contributed by atoms with Gasteiger partial charge in [0.05, 0.1) is 24.5 Å². The number of carboxylic acids is 1. The molecule has 27 heavy (non-hydrogen) atoms. The molecule has 2 bridgehead atoms. The molecule has 0 radical (unpaired) electrons. The molecular formula is C19H28N2O6. The van der Waals surface area contributed by atoms with Gasteiger partial charge in [-0.2, -0.15) is 0 Å². The molecule has 3 aliphatic heterocycles. The zero-order chi connectivity index (χ0) is 19.8. The van der Waals surface area contributed by atoms with E-state index in [1.165, 1.54) is 4.90 Å². The number of hydrogen-bond acceptors (Lipinski definition) is 5. The lowest BCUT2D eigenvalue weighted by Crippen LogP contribution is -2.56. The van der Waals surface area contributed by atoms with Crippen molar-refractivity contribution in [3.05, 3.63) is 12.7 Å². The van der Waals surface area contributed by atoms with E-state index in [0.717, 1.165) is 12.8 Å². The third kappa shape index (κ3) is 2.95. The number of carbonyl (C=O) groups excluding carboxylic acids is 2. The van der Waals surface area contributed by atoms with Gasteiger partial charge in [0.1, 0.15) is 11.6 Å². The number of β-amino-alcohol motifs (C(OH)–C–C–N with tert-alkyl or cyclic N) is 1. The second-order valence-electron chi connectivity index (χ2n) is 7.58. The van der Waals surface area contributed by atoms with Crippen LogP contribution in [0.3, 0.4) is 0 Å². The number of fused-ring (bicyclic) bond motifs is 1. The molecule has 3 saturated heterocycles. The number of aliphatic hydroxyl groups excluding tert-OH is 1. The number of carboxylic acid groups (broad SMARTS) is 1. The fraction of sp³-hybridized carbons (Fsp3) is 0.737. The Kier molecular flexibility index (Phi) is 5.58. The van der Waals surface area contributed by atoms with Crippen molar-refractivity contribution in [2.24, 2.45) is 11.8 Å². The molecule has 2 N–H and O–H groups in total. The molecule has 8 nitrogen and oxygen atoms in total. The Bertz CT molecular complexity index is 638. The fourth-order valence-corrected chi connectivity index (χ4v) is 5.03. The third-order valence-electron chi connectivity index (χ3n) is 6.10. The Hall–Kier alpha value is -1.93. The first-order valence-electron chi connectivity index (χ1n) is 9.64. The van der Waals surface area contributed by atoms with E-state index in [1.807, 2.05) is 6.92 Å². The van der Waals surface area contributed by atoms with Crippen molar-refractivity contribution in [1.82, 2.24) is 9.80 Å². The van der Waals surface area contributed by atoms with E-state index in [1.54, 1.807) is 11.0 Å². The van der Waals surface area contributed by atoms with Gasteiger partial charge in [-0.1, -0.05) is 19.4 Å². The maximum atomic E-state index is 13.4. The van der Waals surface area contributed by atoms with E-state index in [-0.39, 0.29) is 19.1 Å². The van der Waals surface area contributed by atoms with Crippen molar-refractivity contribution in [3.8, 4) is 0 Å². The van der Waals surface area contributed by atoms with Gasteiger partial charge in [-0.25, -0.2) is 0 Å². The first-order chi connectivity index (χ1) is 12.9. The summed E-state index contributed by atoms with van der Waals surface area (Å²) in [4.78, 5) is 41.3. The molecule has 2 amide bonds. The highest BCUT2D eigenvalue weighted by Gasteiger charge is 2.74. The minimum atomic E-state index is -1.11. The first kappa shape index (κ1) is 19.8. The van der Waals surface area contributed by atoms with Crippen LogP contribution in [0.2, 0.25) is 0 Å². The minimum Gasteiger partial charge on any atom is -0.481 e. The van der Waals surface area contributed by atoms with E-state index in [2.05, 4.69) is 6.58 Å². The Morgan fingerprint density at radius 2 is 2.22 bits per heavy atom. The number of ether oxygens (including phenoxy) is 1. The van der Waals surface area contributed by atoms with Crippen LogP contribution in [-0.4, -0.2) is 81.8 Å². The van der Waals surface area contributed by atoms with E-state index < -0.39 is 41.5 Å². The van der Waals surface area contributed by atoms with Crippen LogP contribution in [0, 0.1) is 11.8 Å². The van der Waals surface area contributed by atoms with Crippen LogP contribution >= 0.6 is 0 Å². The summed E-state index contributed by atoms with van der Waals surface area (Å²) in [6, 6.07) is -0.895. The Morgan fingerprint density at radius 3 is 2.81 bits per heavy atom. The van der Waals surface area contributed by atoms with Gasteiger partial charge in [0.25, 0.3) is 0 Å². The molecule has 0 aliphatic carbocycles. The number of carbonyl (C=O) groups is 3. The summed E-state index contributed by atoms with van der Waals surface area (Å²) in [7, 11) is 0. The predicted octanol–water partition coefficient (Wildman–Crippen LogP) is 0.253. The van der Waals surface area contributed by atoms with Crippen molar-refractivity contribution >= 4 is 17.8 Å². The monoisotopic (exact) mass is 380 g/mol. The first-order valence-corrected chi connectivity index (χ1v) is 9.64. The Balaban J connectivity index is 1.98. The summed E-state index contributed by atoms with van der Waals surface area (Å²) >= 11 is 0. The van der Waals surface area contributed by atoms with Gasteiger partial charge in [0, 0.05) is 19.6 Å². The van der Waals surface area contributed by atoms with Gasteiger partial charge in [0.15, 0.2) is 0 Å². The quantitative estimate of drug-likeness (QED) is 0.556. The van der Waals surface area contributed by atoms with E-state index in [9.17, 15) is 24.6 Å². The average Bonchev–Trinajstić information content (AvgIpc) is 3.26. The number of likely N-dealkylation sites (tertiary alicyclic amines) is 1. The smallest absolute Gasteiger partial charge is 0.310 e. The zero-order valence-corrected chi connectivity index (χ0v) is 15.7. The number of hydrogen-bond donors (Lipinski definition) is 2. The minimum absolute atomic E-state index is 0.0104. The highest BCUT2D eigenvalue weighted by Crippen LogP contribution is 2.58. The maximum absolute atomic E-state index is 13.4. The maximum Gasteiger partial charge on any atom is 0.310 e. The summed E-state index contributed by atoms with van der Waals surface area (Å²) in [5.74, 6) is -3.52. The lowest BCUT2D eigenvalue weighted by atomic mass is 9.70. The zero-order valence-electron chi connectivity index (χ0n) is 15.7. The second-order valence-corrected chi connectivity index (χ2v) is 7.58. The molecule has 3 rings (SSSR count). The molecule has 3 heterocycles. The largest absolute Gasteiger partial charge is 0.481 e. The van der Waals surface area contributed by atoms with Crippen molar-refractivity contribution in [2.45, 2.75) is 50.4 Å². The van der Waals surface area contributed by atoms with Gasteiger partial charge < -0.3 is 24.7 Å². The normalized spacial score (nSPS) is 34.0. The number of rotatable bonds is 9. The number of nitrogens with zero attached hydrogens (tertiary/aromatic N) is 2. The summed E-state index contributed by atoms with van der Waals surface area (Å²) in [5.41, 5.74) is -1.11. The van der Waals surface area contributed by atoms with Crippen molar-refractivity contribution in [3.63, 3.8) is 0 Å². The molecule has 0 aromatic rings. The summed E-state index contributed by atoms with van der Waals surface area (Å²) in [6.45, 7) is 6.32. The van der Waals surface area contributed by atoms with Gasteiger partial charge in [-0.05, 0) is 19.3 Å². The molecule has 5 atom stereocenters. The van der Waals surface area contributed by atoms with Crippen LogP contribution in [0.15, 0.2) is 12.7 Å². The molecule has 0 aromatic carbocycles. The number of aliphatic hydroxyl groups is 1. The SMILES string of the molecule is C=CCN(CCCC)C(=O)C1N(CCO)C(=O)[C@@H]2[C@@H](C(=O)O)[C@H]3CCC12O3. The van der Waals surface area contributed by atoms with Crippen molar-refractivity contribution in [1.29, 1.82) is 0 Å². The van der Waals surface area contributed by atoms with Crippen LogP contribution in [0.1, 0.15) is 32.6 Å². The Morgan fingerprint density at radius 1 is 1.48 bits per heavy atom. The molecule has 8 heteroatoms. The van der Waals surface area contributed by atoms with Crippen LogP contribution < -0.4 is 0 Å². The number of unbranched alkanes of at least 4 members (excludes halogenated alkanes) is 1. The lowest BCUT2D eigenvalue weighted by molar-refractivity contribution is -0.151.